The summed E-state index contributed by atoms with van der Waals surface area (Å²) in [5.74, 6) is -0.247. The molecule has 1 aliphatic rings. The van der Waals surface area contributed by atoms with Crippen LogP contribution in [0.2, 0.25) is 0 Å². The molecule has 1 aromatic carbocycles. The van der Waals surface area contributed by atoms with Crippen LogP contribution in [0.5, 0.6) is 5.75 Å². The number of fused-ring (bicyclic) bond motifs is 1. The summed E-state index contributed by atoms with van der Waals surface area (Å²) in [5, 5.41) is 8.75. The van der Waals surface area contributed by atoms with Crippen LogP contribution in [0.25, 0.3) is 0 Å². The molecule has 138 valence electrons. The van der Waals surface area contributed by atoms with Crippen LogP contribution < -0.4 is 10.2 Å². The van der Waals surface area contributed by atoms with Gasteiger partial charge < -0.3 is 14.4 Å². The van der Waals surface area contributed by atoms with Gasteiger partial charge in [-0.1, -0.05) is 19.9 Å². The van der Waals surface area contributed by atoms with E-state index in [2.05, 4.69) is 0 Å². The Hall–Kier alpha value is -2.12. The lowest BCUT2D eigenvalue weighted by Crippen LogP contribution is -2.43. The summed E-state index contributed by atoms with van der Waals surface area (Å²) in [4.78, 5) is 26.1. The maximum Gasteiger partial charge on any atom is 0.274 e. The van der Waals surface area contributed by atoms with Crippen LogP contribution in [0.15, 0.2) is 18.2 Å². The van der Waals surface area contributed by atoms with Crippen molar-refractivity contribution in [2.45, 2.75) is 39.8 Å². The minimum Gasteiger partial charge on any atom is -0.491 e. The number of benzene rings is 1. The zero-order valence-corrected chi connectivity index (χ0v) is 14.9. The standard InChI is InChI=1S/C18H26N2O5/c1-4-7-24-10-12(2)18(22)20-9-15-6-5-14(17(21)19-23)8-16(15)25-11-13(20)3/h5-6,8,12-13,23H,4,7,9-11H2,1-3H3,(H,19,21)/t12-,13-/m0/s1. The minimum atomic E-state index is -0.599. The lowest BCUT2D eigenvalue weighted by molar-refractivity contribution is -0.140. The number of hydroxylamine groups is 1. The summed E-state index contributed by atoms with van der Waals surface area (Å²) in [6, 6.07) is 4.83. The van der Waals surface area contributed by atoms with E-state index in [4.69, 9.17) is 14.7 Å². The first kappa shape index (κ1) is 19.2. The fourth-order valence-corrected chi connectivity index (χ4v) is 2.72. The molecule has 2 atom stereocenters. The van der Waals surface area contributed by atoms with E-state index in [-0.39, 0.29) is 17.9 Å². The predicted octanol–water partition coefficient (Wildman–Crippen LogP) is 1.98. The molecular formula is C18H26N2O5. The van der Waals surface area contributed by atoms with Gasteiger partial charge in [0.1, 0.15) is 12.4 Å². The minimum absolute atomic E-state index is 0.0252. The van der Waals surface area contributed by atoms with Gasteiger partial charge in [0.05, 0.1) is 18.6 Å². The number of hydrogen-bond acceptors (Lipinski definition) is 5. The first-order chi connectivity index (χ1) is 12.0. The topological polar surface area (TPSA) is 88.1 Å². The molecule has 0 unspecified atom stereocenters. The Labute approximate surface area is 147 Å². The largest absolute Gasteiger partial charge is 0.491 e. The first-order valence-electron chi connectivity index (χ1n) is 8.56. The summed E-state index contributed by atoms with van der Waals surface area (Å²) in [6.45, 7) is 7.63. The molecule has 2 N–H and O–H groups in total. The van der Waals surface area contributed by atoms with E-state index in [0.29, 0.717) is 37.7 Å². The Balaban J connectivity index is 2.14. The van der Waals surface area contributed by atoms with Crippen molar-refractivity contribution in [3.05, 3.63) is 29.3 Å². The second kappa shape index (κ2) is 8.82. The fraction of sp³-hybridized carbons (Fsp3) is 0.556. The molecule has 7 heteroatoms. The Kier molecular flexibility index (Phi) is 6.78. The lowest BCUT2D eigenvalue weighted by Gasteiger charge is -2.29. The van der Waals surface area contributed by atoms with Crippen LogP contribution in [0.4, 0.5) is 0 Å². The van der Waals surface area contributed by atoms with Crippen LogP contribution in [0.3, 0.4) is 0 Å². The van der Waals surface area contributed by atoms with Gasteiger partial charge in [0.25, 0.3) is 5.91 Å². The van der Waals surface area contributed by atoms with E-state index in [1.807, 2.05) is 20.8 Å². The highest BCUT2D eigenvalue weighted by Crippen LogP contribution is 2.27. The van der Waals surface area contributed by atoms with Crippen molar-refractivity contribution in [3.63, 3.8) is 0 Å². The number of carbonyl (C=O) groups is 2. The number of amides is 2. The van der Waals surface area contributed by atoms with Gasteiger partial charge >= 0.3 is 0 Å². The van der Waals surface area contributed by atoms with Crippen LogP contribution in [-0.2, 0) is 16.1 Å². The number of nitrogens with one attached hydrogen (secondary N) is 1. The molecule has 1 heterocycles. The number of nitrogens with zero attached hydrogens (tertiary/aromatic N) is 1. The maximum atomic E-state index is 12.8. The molecule has 0 aliphatic carbocycles. The van der Waals surface area contributed by atoms with Gasteiger partial charge in [-0.05, 0) is 25.5 Å². The number of ether oxygens (including phenoxy) is 2. The van der Waals surface area contributed by atoms with Crippen LogP contribution >= 0.6 is 0 Å². The molecule has 0 spiro atoms. The van der Waals surface area contributed by atoms with Crippen molar-refractivity contribution >= 4 is 11.8 Å². The van der Waals surface area contributed by atoms with Crippen molar-refractivity contribution in [2.24, 2.45) is 5.92 Å². The third-order valence-corrected chi connectivity index (χ3v) is 4.20. The smallest absolute Gasteiger partial charge is 0.274 e. The third-order valence-electron chi connectivity index (χ3n) is 4.20. The van der Waals surface area contributed by atoms with E-state index in [1.165, 1.54) is 0 Å². The third kappa shape index (κ3) is 4.70. The average molecular weight is 350 g/mol. The molecule has 0 fully saturated rings. The Bertz CT molecular complexity index is 619. The molecule has 0 radical (unpaired) electrons. The van der Waals surface area contributed by atoms with Crippen LogP contribution in [0.1, 0.15) is 43.1 Å². The van der Waals surface area contributed by atoms with E-state index in [1.54, 1.807) is 28.6 Å². The average Bonchev–Trinajstić information content (AvgIpc) is 2.79. The SMILES string of the molecule is CCCOC[C@H](C)C(=O)N1Cc2ccc(C(=O)NO)cc2OC[C@@H]1C. The quantitative estimate of drug-likeness (QED) is 0.465. The van der Waals surface area contributed by atoms with Crippen molar-refractivity contribution in [3.8, 4) is 5.75 Å². The molecule has 0 aromatic heterocycles. The van der Waals surface area contributed by atoms with Crippen LogP contribution in [0, 0.1) is 5.92 Å². The Morgan fingerprint density at radius 3 is 2.92 bits per heavy atom. The molecule has 7 nitrogen and oxygen atoms in total. The Morgan fingerprint density at radius 2 is 2.24 bits per heavy atom. The van der Waals surface area contributed by atoms with Gasteiger partial charge in [0.15, 0.2) is 0 Å². The highest BCUT2D eigenvalue weighted by atomic mass is 16.5. The molecule has 0 saturated heterocycles. The molecule has 25 heavy (non-hydrogen) atoms. The van der Waals surface area contributed by atoms with Crippen molar-refractivity contribution in [2.75, 3.05) is 19.8 Å². The summed E-state index contributed by atoms with van der Waals surface area (Å²) < 4.78 is 11.3. The Morgan fingerprint density at radius 1 is 1.48 bits per heavy atom. The van der Waals surface area contributed by atoms with Crippen molar-refractivity contribution < 1.29 is 24.3 Å². The van der Waals surface area contributed by atoms with Crippen LogP contribution in [-0.4, -0.2) is 47.8 Å². The van der Waals surface area contributed by atoms with Gasteiger partial charge in [-0.15, -0.1) is 0 Å². The molecule has 1 aliphatic heterocycles. The maximum absolute atomic E-state index is 12.8. The van der Waals surface area contributed by atoms with E-state index in [0.717, 1.165) is 12.0 Å². The zero-order chi connectivity index (χ0) is 18.4. The van der Waals surface area contributed by atoms with E-state index in [9.17, 15) is 9.59 Å². The van der Waals surface area contributed by atoms with Gasteiger partial charge in [-0.3, -0.25) is 14.8 Å². The summed E-state index contributed by atoms with van der Waals surface area (Å²) in [6.07, 6.45) is 0.923. The normalized spacial score (nSPS) is 17.9. The molecule has 2 rings (SSSR count). The predicted molar refractivity (Wildman–Crippen MR) is 91.5 cm³/mol. The lowest BCUT2D eigenvalue weighted by atomic mass is 10.1. The highest BCUT2D eigenvalue weighted by Gasteiger charge is 2.29. The monoisotopic (exact) mass is 350 g/mol. The first-order valence-corrected chi connectivity index (χ1v) is 8.56. The second-order valence-electron chi connectivity index (χ2n) is 6.37. The van der Waals surface area contributed by atoms with Gasteiger partial charge in [-0.2, -0.15) is 0 Å². The number of rotatable bonds is 6. The zero-order valence-electron chi connectivity index (χ0n) is 14.9. The van der Waals surface area contributed by atoms with Gasteiger partial charge in [-0.25, -0.2) is 5.48 Å². The summed E-state index contributed by atoms with van der Waals surface area (Å²) >= 11 is 0. The van der Waals surface area contributed by atoms with E-state index < -0.39 is 5.91 Å². The molecular weight excluding hydrogens is 324 g/mol. The highest BCUT2D eigenvalue weighted by molar-refractivity contribution is 5.93. The van der Waals surface area contributed by atoms with Crippen molar-refractivity contribution in [1.82, 2.24) is 10.4 Å². The summed E-state index contributed by atoms with van der Waals surface area (Å²) in [5.41, 5.74) is 2.73. The molecule has 2 amide bonds. The number of hydrogen-bond donors (Lipinski definition) is 2. The number of carbonyl (C=O) groups excluding carboxylic acids is 2. The summed E-state index contributed by atoms with van der Waals surface area (Å²) in [7, 11) is 0. The fourth-order valence-electron chi connectivity index (χ4n) is 2.72. The molecule has 1 aromatic rings. The van der Waals surface area contributed by atoms with Gasteiger partial charge in [0.2, 0.25) is 5.91 Å². The van der Waals surface area contributed by atoms with E-state index >= 15 is 0 Å². The molecule has 0 bridgehead atoms. The van der Waals surface area contributed by atoms with Crippen molar-refractivity contribution in [1.29, 1.82) is 0 Å². The second-order valence-corrected chi connectivity index (χ2v) is 6.37. The molecule has 0 saturated carbocycles. The van der Waals surface area contributed by atoms with Gasteiger partial charge in [0, 0.05) is 24.3 Å².